The Morgan fingerprint density at radius 3 is 2.64 bits per heavy atom. The molecule has 2 fully saturated rings. The third-order valence-electron chi connectivity index (χ3n) is 7.56. The number of anilines is 4. The van der Waals surface area contributed by atoms with Gasteiger partial charge in [0.05, 0.1) is 5.69 Å². The minimum Gasteiger partial charge on any atom is -0.474 e. The summed E-state index contributed by atoms with van der Waals surface area (Å²) in [7, 11) is 3.94. The summed E-state index contributed by atoms with van der Waals surface area (Å²) in [5.41, 5.74) is 4.05. The predicted octanol–water partition coefficient (Wildman–Crippen LogP) is 3.62. The number of piperazine rings is 1. The SMILES string of the molecule is Cc1cc(Nc2nccc(-c3cnc4c(c3)OC(C)(C)C(=O)N4C)n2)ccc1N1CC2CC1CN2C. The van der Waals surface area contributed by atoms with E-state index in [1.54, 1.807) is 33.3 Å². The molecule has 2 bridgehead atoms. The third-order valence-corrected chi connectivity index (χ3v) is 7.56. The summed E-state index contributed by atoms with van der Waals surface area (Å²) >= 11 is 0. The number of hydrogen-bond donors (Lipinski definition) is 1. The Labute approximate surface area is 211 Å². The van der Waals surface area contributed by atoms with Crippen LogP contribution >= 0.6 is 0 Å². The van der Waals surface area contributed by atoms with Gasteiger partial charge in [-0.25, -0.2) is 15.0 Å². The molecule has 1 N–H and O–H groups in total. The molecule has 0 spiro atoms. The van der Waals surface area contributed by atoms with Crippen LogP contribution in [0.3, 0.4) is 0 Å². The molecule has 2 unspecified atom stereocenters. The number of likely N-dealkylation sites (tertiary alicyclic amines) is 1. The van der Waals surface area contributed by atoms with Crippen molar-refractivity contribution in [2.75, 3.05) is 42.3 Å². The molecule has 186 valence electrons. The van der Waals surface area contributed by atoms with Gasteiger partial charge in [-0.15, -0.1) is 0 Å². The van der Waals surface area contributed by atoms with E-state index in [1.807, 2.05) is 12.1 Å². The standard InChI is InChI=1S/C27H31N7O2/c1-16-10-18(6-7-22(16)34-15-19-12-20(34)14-32(19)4)30-26-28-9-8-21(31-26)17-11-23-24(29-13-17)33(5)25(35)27(2,3)36-23/h6-11,13,19-20H,12,14-15H2,1-5H3,(H,28,30,31). The summed E-state index contributed by atoms with van der Waals surface area (Å²) in [5, 5.41) is 3.35. The average molecular weight is 486 g/mol. The molecule has 5 heterocycles. The number of pyridine rings is 1. The number of rotatable bonds is 4. The fraction of sp³-hybridized carbons (Fsp3) is 0.407. The number of fused-ring (bicyclic) bond motifs is 3. The number of aromatic nitrogens is 3. The van der Waals surface area contributed by atoms with Crippen molar-refractivity contribution >= 4 is 29.0 Å². The number of carbonyl (C=O) groups excluding carboxylic acids is 1. The van der Waals surface area contributed by atoms with E-state index in [4.69, 9.17) is 9.72 Å². The maximum absolute atomic E-state index is 12.5. The fourth-order valence-electron chi connectivity index (χ4n) is 5.65. The van der Waals surface area contributed by atoms with E-state index in [9.17, 15) is 4.79 Å². The molecule has 36 heavy (non-hydrogen) atoms. The molecule has 0 saturated carbocycles. The first-order valence-corrected chi connectivity index (χ1v) is 12.3. The maximum Gasteiger partial charge on any atom is 0.271 e. The van der Waals surface area contributed by atoms with Crippen LogP contribution < -0.4 is 19.9 Å². The molecule has 1 aromatic carbocycles. The number of benzene rings is 1. The van der Waals surface area contributed by atoms with E-state index >= 15 is 0 Å². The van der Waals surface area contributed by atoms with Crippen LogP contribution in [0, 0.1) is 6.92 Å². The molecular formula is C27H31N7O2. The zero-order valence-electron chi connectivity index (χ0n) is 21.3. The Bertz CT molecular complexity index is 1360. The topological polar surface area (TPSA) is 86.7 Å². The summed E-state index contributed by atoms with van der Waals surface area (Å²) in [5.74, 6) is 1.44. The molecule has 3 aliphatic rings. The highest BCUT2D eigenvalue weighted by Crippen LogP contribution is 2.38. The van der Waals surface area contributed by atoms with Crippen molar-refractivity contribution in [1.29, 1.82) is 0 Å². The molecule has 6 rings (SSSR count). The van der Waals surface area contributed by atoms with E-state index < -0.39 is 5.60 Å². The first-order valence-electron chi connectivity index (χ1n) is 12.3. The molecular weight excluding hydrogens is 454 g/mol. The minimum absolute atomic E-state index is 0.130. The highest BCUT2D eigenvalue weighted by molar-refractivity contribution is 6.01. The van der Waals surface area contributed by atoms with E-state index in [0.29, 0.717) is 35.3 Å². The largest absolute Gasteiger partial charge is 0.474 e. The maximum atomic E-state index is 12.5. The van der Waals surface area contributed by atoms with Gasteiger partial charge < -0.3 is 15.0 Å². The Morgan fingerprint density at radius 1 is 1.08 bits per heavy atom. The monoisotopic (exact) mass is 485 g/mol. The summed E-state index contributed by atoms with van der Waals surface area (Å²) in [4.78, 5) is 32.6. The highest BCUT2D eigenvalue weighted by atomic mass is 16.5. The van der Waals surface area contributed by atoms with E-state index in [2.05, 4.69) is 57.3 Å². The van der Waals surface area contributed by atoms with Crippen LogP contribution in [-0.2, 0) is 4.79 Å². The first kappa shape index (κ1) is 22.7. The molecule has 9 heteroatoms. The van der Waals surface area contributed by atoms with Crippen molar-refractivity contribution in [1.82, 2.24) is 19.9 Å². The minimum atomic E-state index is -0.949. The van der Waals surface area contributed by atoms with Gasteiger partial charge in [-0.3, -0.25) is 14.6 Å². The molecule has 9 nitrogen and oxygen atoms in total. The molecule has 2 atom stereocenters. The van der Waals surface area contributed by atoms with Crippen LogP contribution in [0.25, 0.3) is 11.3 Å². The Hall–Kier alpha value is -3.72. The van der Waals surface area contributed by atoms with Crippen molar-refractivity contribution in [3.8, 4) is 17.0 Å². The summed E-state index contributed by atoms with van der Waals surface area (Å²) < 4.78 is 5.96. The first-order chi connectivity index (χ1) is 17.2. The second-order valence-electron chi connectivity index (χ2n) is 10.5. The lowest BCUT2D eigenvalue weighted by Crippen LogP contribution is -2.51. The normalized spacial score (nSPS) is 22.5. The van der Waals surface area contributed by atoms with Gasteiger partial charge in [0.25, 0.3) is 5.91 Å². The fourth-order valence-corrected chi connectivity index (χ4v) is 5.65. The predicted molar refractivity (Wildman–Crippen MR) is 140 cm³/mol. The zero-order chi connectivity index (χ0) is 25.2. The lowest BCUT2D eigenvalue weighted by Gasteiger charge is -2.36. The van der Waals surface area contributed by atoms with E-state index in [-0.39, 0.29) is 5.91 Å². The molecule has 3 aliphatic heterocycles. The number of nitrogens with one attached hydrogen (secondary N) is 1. The lowest BCUT2D eigenvalue weighted by atomic mass is 10.1. The third kappa shape index (κ3) is 3.74. The number of hydrogen-bond acceptors (Lipinski definition) is 8. The Kier molecular flexibility index (Phi) is 5.15. The molecule has 1 amide bonds. The summed E-state index contributed by atoms with van der Waals surface area (Å²) in [6.07, 6.45) is 4.68. The molecule has 0 radical (unpaired) electrons. The zero-order valence-corrected chi connectivity index (χ0v) is 21.3. The van der Waals surface area contributed by atoms with Crippen LogP contribution in [0.1, 0.15) is 25.8 Å². The van der Waals surface area contributed by atoms with Gasteiger partial charge in [0, 0.05) is 61.6 Å². The number of ether oxygens (including phenoxy) is 1. The smallest absolute Gasteiger partial charge is 0.271 e. The summed E-state index contributed by atoms with van der Waals surface area (Å²) in [6.45, 7) is 7.91. The number of likely N-dealkylation sites (N-methyl/N-ethyl adjacent to an activating group) is 2. The van der Waals surface area contributed by atoms with Gasteiger partial charge in [-0.05, 0) is 70.1 Å². The van der Waals surface area contributed by atoms with Gasteiger partial charge in [-0.2, -0.15) is 0 Å². The number of amides is 1. The van der Waals surface area contributed by atoms with Crippen LogP contribution in [0.5, 0.6) is 5.75 Å². The quantitative estimate of drug-likeness (QED) is 0.600. The van der Waals surface area contributed by atoms with E-state index in [1.165, 1.54) is 22.6 Å². The van der Waals surface area contributed by atoms with Crippen molar-refractivity contribution in [2.24, 2.45) is 0 Å². The van der Waals surface area contributed by atoms with Crippen LogP contribution in [0.4, 0.5) is 23.1 Å². The van der Waals surface area contributed by atoms with Crippen molar-refractivity contribution < 1.29 is 9.53 Å². The number of carbonyl (C=O) groups is 1. The molecule has 0 aliphatic carbocycles. The summed E-state index contributed by atoms with van der Waals surface area (Å²) in [6, 6.07) is 11.4. The van der Waals surface area contributed by atoms with Crippen molar-refractivity contribution in [3.05, 3.63) is 48.3 Å². The van der Waals surface area contributed by atoms with Gasteiger partial charge in [0.2, 0.25) is 5.95 Å². The van der Waals surface area contributed by atoms with Crippen LogP contribution in [-0.4, -0.2) is 70.6 Å². The highest BCUT2D eigenvalue weighted by Gasteiger charge is 2.42. The van der Waals surface area contributed by atoms with Gasteiger partial charge in [0.15, 0.2) is 17.2 Å². The van der Waals surface area contributed by atoms with Gasteiger partial charge in [0.1, 0.15) is 0 Å². The Balaban J connectivity index is 1.22. The van der Waals surface area contributed by atoms with Crippen LogP contribution in [0.15, 0.2) is 42.7 Å². The number of aryl methyl sites for hydroxylation is 1. The lowest BCUT2D eigenvalue weighted by molar-refractivity contribution is -0.132. The van der Waals surface area contributed by atoms with Crippen molar-refractivity contribution in [2.45, 2.75) is 44.9 Å². The number of nitrogens with zero attached hydrogens (tertiary/aromatic N) is 6. The molecule has 2 saturated heterocycles. The second kappa shape index (κ2) is 8.16. The molecule has 2 aromatic heterocycles. The van der Waals surface area contributed by atoms with E-state index in [0.717, 1.165) is 24.3 Å². The average Bonchev–Trinajstić information content (AvgIpc) is 3.42. The molecule has 3 aromatic rings. The van der Waals surface area contributed by atoms with Gasteiger partial charge >= 0.3 is 0 Å². The van der Waals surface area contributed by atoms with Crippen LogP contribution in [0.2, 0.25) is 0 Å². The van der Waals surface area contributed by atoms with Gasteiger partial charge in [-0.1, -0.05) is 0 Å². The van der Waals surface area contributed by atoms with Crippen molar-refractivity contribution in [3.63, 3.8) is 0 Å². The second-order valence-corrected chi connectivity index (χ2v) is 10.5. The Morgan fingerprint density at radius 2 is 1.92 bits per heavy atom.